The van der Waals surface area contributed by atoms with Crippen molar-refractivity contribution in [3.05, 3.63) is 35.4 Å². The van der Waals surface area contributed by atoms with Crippen LogP contribution in [0.3, 0.4) is 0 Å². The molecule has 1 aromatic rings. The van der Waals surface area contributed by atoms with Crippen LogP contribution in [-0.4, -0.2) is 62.1 Å². The number of rotatable bonds is 7. The normalized spacial score (nSPS) is 19.5. The van der Waals surface area contributed by atoms with Crippen molar-refractivity contribution in [3.8, 4) is 0 Å². The molecule has 0 spiro atoms. The highest BCUT2D eigenvalue weighted by Crippen LogP contribution is 2.29. The molecule has 2 aliphatic rings. The van der Waals surface area contributed by atoms with E-state index in [0.29, 0.717) is 19.1 Å². The maximum atomic E-state index is 12.8. The zero-order valence-corrected chi connectivity index (χ0v) is 16.5. The molecule has 1 saturated heterocycles. The van der Waals surface area contributed by atoms with Gasteiger partial charge in [0.15, 0.2) is 0 Å². The molecule has 7 heteroatoms. The van der Waals surface area contributed by atoms with E-state index in [0.717, 1.165) is 38.8 Å². The molecule has 1 aliphatic carbocycles. The molecule has 144 valence electrons. The molecule has 0 aromatic heterocycles. The number of nitrogens with one attached hydrogen (secondary N) is 1. The Morgan fingerprint density at radius 3 is 2.31 bits per heavy atom. The third-order valence-corrected chi connectivity index (χ3v) is 5.87. The molecule has 26 heavy (non-hydrogen) atoms. The first-order valence-electron chi connectivity index (χ1n) is 9.35. The quantitative estimate of drug-likeness (QED) is 0.779. The molecular weight excluding hydrogens is 350 g/mol. The van der Waals surface area contributed by atoms with Crippen molar-refractivity contribution in [1.82, 2.24) is 14.5 Å². The van der Waals surface area contributed by atoms with Crippen LogP contribution in [0.25, 0.3) is 0 Å². The molecule has 3 rings (SSSR count). The summed E-state index contributed by atoms with van der Waals surface area (Å²) in [5, 5.41) is 0. The SMILES string of the molecule is Cc1ccc(CN(C(=O)CN2CCC(NS(C)(=O)=O)CC2)C2CC2)cc1. The summed E-state index contributed by atoms with van der Waals surface area (Å²) in [4.78, 5) is 17.0. The number of nitrogens with zero attached hydrogens (tertiary/aromatic N) is 2. The Balaban J connectivity index is 1.52. The van der Waals surface area contributed by atoms with Gasteiger partial charge in [-0.05, 0) is 38.2 Å². The van der Waals surface area contributed by atoms with Crippen LogP contribution in [0.2, 0.25) is 0 Å². The molecular formula is C19H29N3O3S. The Morgan fingerprint density at radius 1 is 1.15 bits per heavy atom. The number of carbonyl (C=O) groups excluding carboxylic acids is 1. The first kappa shape index (κ1) is 19.3. The van der Waals surface area contributed by atoms with Gasteiger partial charge in [-0.1, -0.05) is 29.8 Å². The molecule has 0 radical (unpaired) electrons. The number of piperidine rings is 1. The van der Waals surface area contributed by atoms with E-state index in [1.807, 2.05) is 4.90 Å². The lowest BCUT2D eigenvalue weighted by Gasteiger charge is -2.33. The van der Waals surface area contributed by atoms with E-state index >= 15 is 0 Å². The molecule has 1 saturated carbocycles. The Hall–Kier alpha value is -1.44. The van der Waals surface area contributed by atoms with Crippen molar-refractivity contribution < 1.29 is 13.2 Å². The fraction of sp³-hybridized carbons (Fsp3) is 0.632. The van der Waals surface area contributed by atoms with E-state index < -0.39 is 10.0 Å². The van der Waals surface area contributed by atoms with Gasteiger partial charge in [0.05, 0.1) is 12.8 Å². The molecule has 1 amide bonds. The zero-order valence-electron chi connectivity index (χ0n) is 15.6. The Bertz CT molecular complexity index is 721. The Kier molecular flexibility index (Phi) is 5.99. The van der Waals surface area contributed by atoms with Crippen LogP contribution in [0.4, 0.5) is 0 Å². The first-order valence-corrected chi connectivity index (χ1v) is 11.2. The van der Waals surface area contributed by atoms with E-state index in [-0.39, 0.29) is 11.9 Å². The van der Waals surface area contributed by atoms with Gasteiger partial charge in [-0.25, -0.2) is 13.1 Å². The second-order valence-electron chi connectivity index (χ2n) is 7.68. The lowest BCUT2D eigenvalue weighted by molar-refractivity contribution is -0.134. The molecule has 6 nitrogen and oxygen atoms in total. The van der Waals surface area contributed by atoms with Crippen molar-refractivity contribution >= 4 is 15.9 Å². The number of likely N-dealkylation sites (tertiary alicyclic amines) is 1. The van der Waals surface area contributed by atoms with Crippen molar-refractivity contribution in [3.63, 3.8) is 0 Å². The second-order valence-corrected chi connectivity index (χ2v) is 9.46. The summed E-state index contributed by atoms with van der Waals surface area (Å²) in [6.45, 7) is 4.67. The fourth-order valence-corrected chi connectivity index (χ4v) is 4.33. The predicted octanol–water partition coefficient (Wildman–Crippen LogP) is 1.50. The van der Waals surface area contributed by atoms with Crippen molar-refractivity contribution in [2.24, 2.45) is 0 Å². The number of aryl methyl sites for hydroxylation is 1. The minimum Gasteiger partial charge on any atom is -0.334 e. The summed E-state index contributed by atoms with van der Waals surface area (Å²) < 4.78 is 25.3. The van der Waals surface area contributed by atoms with Gasteiger partial charge in [0, 0.05) is 31.7 Å². The van der Waals surface area contributed by atoms with Gasteiger partial charge in [0.1, 0.15) is 0 Å². The second kappa shape index (κ2) is 8.06. The van der Waals surface area contributed by atoms with E-state index in [2.05, 4.69) is 40.8 Å². The maximum Gasteiger partial charge on any atom is 0.237 e. The molecule has 0 unspecified atom stereocenters. The van der Waals surface area contributed by atoms with E-state index in [1.54, 1.807) is 0 Å². The minimum atomic E-state index is -3.16. The summed E-state index contributed by atoms with van der Waals surface area (Å²) in [5.41, 5.74) is 2.40. The van der Waals surface area contributed by atoms with Crippen LogP contribution in [0.5, 0.6) is 0 Å². The number of hydrogen-bond acceptors (Lipinski definition) is 4. The number of benzene rings is 1. The monoisotopic (exact) mass is 379 g/mol. The molecule has 0 atom stereocenters. The summed E-state index contributed by atoms with van der Waals surface area (Å²) >= 11 is 0. The van der Waals surface area contributed by atoms with Crippen LogP contribution < -0.4 is 4.72 Å². The highest BCUT2D eigenvalue weighted by Gasteiger charge is 2.33. The van der Waals surface area contributed by atoms with Gasteiger partial charge in [0.25, 0.3) is 0 Å². The summed E-state index contributed by atoms with van der Waals surface area (Å²) in [6, 6.07) is 8.74. The Morgan fingerprint density at radius 2 is 1.77 bits per heavy atom. The largest absolute Gasteiger partial charge is 0.334 e. The summed E-state index contributed by atoms with van der Waals surface area (Å²) in [5.74, 6) is 0.183. The molecule has 1 aliphatic heterocycles. The van der Waals surface area contributed by atoms with Crippen LogP contribution in [0.1, 0.15) is 36.8 Å². The highest BCUT2D eigenvalue weighted by atomic mass is 32.2. The van der Waals surface area contributed by atoms with Gasteiger partial charge >= 0.3 is 0 Å². The topological polar surface area (TPSA) is 69.7 Å². The van der Waals surface area contributed by atoms with Gasteiger partial charge in [0.2, 0.25) is 15.9 Å². The third kappa shape index (κ3) is 5.79. The molecule has 1 N–H and O–H groups in total. The molecule has 0 bridgehead atoms. The van der Waals surface area contributed by atoms with Crippen LogP contribution >= 0.6 is 0 Å². The Labute approximate surface area is 156 Å². The highest BCUT2D eigenvalue weighted by molar-refractivity contribution is 7.88. The number of amides is 1. The number of hydrogen-bond donors (Lipinski definition) is 1. The summed E-state index contributed by atoms with van der Waals surface area (Å²) in [7, 11) is -3.16. The van der Waals surface area contributed by atoms with Gasteiger partial charge in [-0.2, -0.15) is 0 Å². The fourth-order valence-electron chi connectivity index (χ4n) is 3.49. The maximum absolute atomic E-state index is 12.8. The molecule has 2 fully saturated rings. The first-order chi connectivity index (χ1) is 12.3. The smallest absolute Gasteiger partial charge is 0.237 e. The van der Waals surface area contributed by atoms with Crippen LogP contribution in [0, 0.1) is 6.92 Å². The van der Waals surface area contributed by atoms with Gasteiger partial charge < -0.3 is 4.90 Å². The van der Waals surface area contributed by atoms with E-state index in [9.17, 15) is 13.2 Å². The van der Waals surface area contributed by atoms with E-state index in [4.69, 9.17) is 0 Å². The minimum absolute atomic E-state index is 0.0107. The number of carbonyl (C=O) groups is 1. The summed E-state index contributed by atoms with van der Waals surface area (Å²) in [6.07, 6.45) is 4.89. The predicted molar refractivity (Wildman–Crippen MR) is 102 cm³/mol. The zero-order chi connectivity index (χ0) is 18.7. The van der Waals surface area contributed by atoms with Gasteiger partial charge in [-0.15, -0.1) is 0 Å². The average Bonchev–Trinajstić information content (AvgIpc) is 3.39. The average molecular weight is 380 g/mol. The van der Waals surface area contributed by atoms with Gasteiger partial charge in [-0.3, -0.25) is 9.69 Å². The molecule has 1 heterocycles. The van der Waals surface area contributed by atoms with Crippen molar-refractivity contribution in [2.75, 3.05) is 25.9 Å². The number of sulfonamides is 1. The van der Waals surface area contributed by atoms with Crippen molar-refractivity contribution in [1.29, 1.82) is 0 Å². The van der Waals surface area contributed by atoms with Crippen LogP contribution in [-0.2, 0) is 21.4 Å². The van der Waals surface area contributed by atoms with E-state index in [1.165, 1.54) is 17.4 Å². The van der Waals surface area contributed by atoms with Crippen LogP contribution in [0.15, 0.2) is 24.3 Å². The lowest BCUT2D eigenvalue weighted by atomic mass is 10.1. The standard InChI is InChI=1S/C19H29N3O3S/c1-15-3-5-16(6-4-15)13-22(18-7-8-18)19(23)14-21-11-9-17(10-12-21)20-26(2,24)25/h3-6,17-18,20H,7-14H2,1-2H3. The lowest BCUT2D eigenvalue weighted by Crippen LogP contribution is -2.48. The third-order valence-electron chi connectivity index (χ3n) is 5.11. The molecule has 1 aromatic carbocycles. The van der Waals surface area contributed by atoms with Crippen molar-refractivity contribution in [2.45, 2.75) is 51.2 Å².